The highest BCUT2D eigenvalue weighted by atomic mass is 31.2. The molecule has 6 atom stereocenters. The van der Waals surface area contributed by atoms with Crippen molar-refractivity contribution in [3.05, 3.63) is 0 Å². The predicted molar refractivity (Wildman–Crippen MR) is 363 cm³/mol. The second-order valence-corrected chi connectivity index (χ2v) is 28.8. The lowest BCUT2D eigenvalue weighted by molar-refractivity contribution is -0.161. The maximum absolute atomic E-state index is 13.0. The number of hydrogen-bond acceptors (Lipinski definition) is 15. The van der Waals surface area contributed by atoms with Gasteiger partial charge >= 0.3 is 39.5 Å². The number of hydrogen-bond donors (Lipinski definition) is 3. The lowest BCUT2D eigenvalue weighted by Crippen LogP contribution is -2.30. The van der Waals surface area contributed by atoms with Crippen LogP contribution in [0, 0.1) is 5.92 Å². The fraction of sp³-hybridized carbons (Fsp3) is 0.944. The Kier molecular flexibility index (Phi) is 63.0. The number of unbranched alkanes of at least 4 members (excludes halogenated alkanes) is 42. The average Bonchev–Trinajstić information content (AvgIpc) is 3.33. The maximum Gasteiger partial charge on any atom is 0.472 e. The Morgan fingerprint density at radius 3 is 0.789 bits per heavy atom. The second-order valence-electron chi connectivity index (χ2n) is 25.9. The molecule has 0 aliphatic carbocycles. The van der Waals surface area contributed by atoms with Gasteiger partial charge in [0.15, 0.2) is 12.2 Å². The molecule has 0 amide bonds. The molecule has 0 aromatic rings. The summed E-state index contributed by atoms with van der Waals surface area (Å²) < 4.78 is 68.0. The summed E-state index contributed by atoms with van der Waals surface area (Å²) in [6.07, 6.45) is 51.9. The fourth-order valence-electron chi connectivity index (χ4n) is 10.8. The first-order valence-electron chi connectivity index (χ1n) is 37.2. The number of aliphatic hydroxyl groups excluding tert-OH is 1. The predicted octanol–water partition coefficient (Wildman–Crippen LogP) is 20.5. The van der Waals surface area contributed by atoms with Crippen molar-refractivity contribution in [1.82, 2.24) is 0 Å². The van der Waals surface area contributed by atoms with Crippen LogP contribution in [-0.2, 0) is 65.4 Å². The molecule has 0 heterocycles. The summed E-state index contributed by atoms with van der Waals surface area (Å²) in [6.45, 7) is 7.20. The Labute approximate surface area is 549 Å². The van der Waals surface area contributed by atoms with Gasteiger partial charge in [-0.1, -0.05) is 317 Å². The smallest absolute Gasteiger partial charge is 0.462 e. The monoisotopic (exact) mass is 1320 g/mol. The summed E-state index contributed by atoms with van der Waals surface area (Å²) in [5.41, 5.74) is 0. The fourth-order valence-corrected chi connectivity index (χ4v) is 12.4. The molecule has 0 fully saturated rings. The summed E-state index contributed by atoms with van der Waals surface area (Å²) >= 11 is 0. The minimum atomic E-state index is -4.95. The van der Waals surface area contributed by atoms with Crippen LogP contribution in [0.3, 0.4) is 0 Å². The Morgan fingerprint density at radius 1 is 0.311 bits per heavy atom. The van der Waals surface area contributed by atoms with Gasteiger partial charge in [0.05, 0.1) is 26.4 Å². The van der Waals surface area contributed by atoms with Gasteiger partial charge in [-0.15, -0.1) is 0 Å². The molecule has 0 rings (SSSR count). The van der Waals surface area contributed by atoms with Crippen molar-refractivity contribution >= 4 is 39.5 Å². The van der Waals surface area contributed by atoms with Gasteiger partial charge in [0.1, 0.15) is 19.3 Å². The van der Waals surface area contributed by atoms with Crippen LogP contribution < -0.4 is 0 Å². The Bertz CT molecular complexity index is 1740. The molecule has 3 N–H and O–H groups in total. The summed E-state index contributed by atoms with van der Waals surface area (Å²) in [5.74, 6) is -1.26. The van der Waals surface area contributed by atoms with Crippen molar-refractivity contribution in [3.63, 3.8) is 0 Å². The van der Waals surface area contributed by atoms with Crippen LogP contribution in [0.25, 0.3) is 0 Å². The molecule has 534 valence electrons. The quantitative estimate of drug-likeness (QED) is 0.0222. The largest absolute Gasteiger partial charge is 0.472 e. The molecule has 0 radical (unpaired) electrons. The van der Waals surface area contributed by atoms with Gasteiger partial charge < -0.3 is 33.8 Å². The highest BCUT2D eigenvalue weighted by Gasteiger charge is 2.30. The van der Waals surface area contributed by atoms with Crippen LogP contribution >= 0.6 is 15.6 Å². The minimum absolute atomic E-state index is 0.104. The van der Waals surface area contributed by atoms with Gasteiger partial charge in [-0.25, -0.2) is 9.13 Å². The first kappa shape index (κ1) is 88.1. The van der Waals surface area contributed by atoms with E-state index in [1.807, 2.05) is 0 Å². The third kappa shape index (κ3) is 63.5. The number of esters is 4. The van der Waals surface area contributed by atoms with E-state index in [-0.39, 0.29) is 25.7 Å². The van der Waals surface area contributed by atoms with Crippen molar-refractivity contribution in [1.29, 1.82) is 0 Å². The van der Waals surface area contributed by atoms with Crippen LogP contribution in [0.1, 0.15) is 369 Å². The Morgan fingerprint density at radius 2 is 0.533 bits per heavy atom. The maximum atomic E-state index is 13.0. The van der Waals surface area contributed by atoms with E-state index in [1.165, 1.54) is 180 Å². The zero-order valence-corrected chi connectivity index (χ0v) is 60.1. The number of aliphatic hydroxyl groups is 1. The standard InChI is InChI=1S/C71H138O17P2/c1-6-10-13-16-18-20-21-22-27-31-34-37-41-45-50-55-69(74)82-61-67(88-71(76)57-52-47-42-38-35-32-29-26-24-23-25-28-30-33-36-39-44-48-53-64(5)9-4)63-86-90(79,80)84-59-65(72)58-83-89(77,78)85-62-66(60-81-68(73)54-49-43-15-12-8-3)87-70(75)56-51-46-40-19-17-14-11-7-2/h64-67,72H,6-63H2,1-5H3,(H,77,78)(H,79,80)/t64?,65-,66+,67+/m0/s1. The summed E-state index contributed by atoms with van der Waals surface area (Å²) in [5, 5.41) is 10.5. The number of carbonyl (C=O) groups excluding carboxylic acids is 4. The van der Waals surface area contributed by atoms with E-state index in [0.717, 1.165) is 109 Å². The lowest BCUT2D eigenvalue weighted by atomic mass is 9.99. The van der Waals surface area contributed by atoms with E-state index in [4.69, 9.17) is 37.0 Å². The summed E-state index contributed by atoms with van der Waals surface area (Å²) in [6, 6.07) is 0. The van der Waals surface area contributed by atoms with Crippen molar-refractivity contribution < 1.29 is 80.2 Å². The first-order valence-corrected chi connectivity index (χ1v) is 40.2. The van der Waals surface area contributed by atoms with Crippen molar-refractivity contribution in [2.24, 2.45) is 5.92 Å². The molecule has 0 saturated carbocycles. The molecule has 0 aromatic heterocycles. The molecule has 0 bridgehead atoms. The first-order chi connectivity index (χ1) is 43.6. The molecular weight excluding hydrogens is 1190 g/mol. The Balaban J connectivity index is 5.08. The van der Waals surface area contributed by atoms with Crippen LogP contribution in [-0.4, -0.2) is 96.7 Å². The molecular formula is C71H138O17P2. The van der Waals surface area contributed by atoms with Crippen molar-refractivity contribution in [2.45, 2.75) is 387 Å². The molecule has 0 aromatic carbocycles. The highest BCUT2D eigenvalue weighted by molar-refractivity contribution is 7.47. The van der Waals surface area contributed by atoms with Gasteiger partial charge in [0.25, 0.3) is 0 Å². The zero-order chi connectivity index (χ0) is 66.3. The number of carbonyl (C=O) groups is 4. The topological polar surface area (TPSA) is 237 Å². The van der Waals surface area contributed by atoms with Gasteiger partial charge in [-0.3, -0.25) is 37.3 Å². The molecule has 0 saturated heterocycles. The van der Waals surface area contributed by atoms with Crippen LogP contribution in [0.2, 0.25) is 0 Å². The Hall–Kier alpha value is -1.94. The molecule has 3 unspecified atom stereocenters. The number of ether oxygens (including phenoxy) is 4. The molecule has 19 heteroatoms. The molecule has 0 aliphatic rings. The summed E-state index contributed by atoms with van der Waals surface area (Å²) in [4.78, 5) is 72.1. The SMILES string of the molecule is CCCCCCCCCCCCCCCCCC(=O)OC[C@H](COP(=O)(O)OC[C@@H](O)COP(=O)(O)OC[C@@H](COC(=O)CCCCCCC)OC(=O)CCCCCCCCCC)OC(=O)CCCCCCCCCCCCCCCCCCCCC(C)CC. The van der Waals surface area contributed by atoms with E-state index in [2.05, 4.69) is 34.6 Å². The summed E-state index contributed by atoms with van der Waals surface area (Å²) in [7, 11) is -9.88. The van der Waals surface area contributed by atoms with E-state index in [9.17, 15) is 43.2 Å². The normalized spacial score (nSPS) is 14.4. The highest BCUT2D eigenvalue weighted by Crippen LogP contribution is 2.45. The molecule has 17 nitrogen and oxygen atoms in total. The van der Waals surface area contributed by atoms with E-state index in [1.54, 1.807) is 0 Å². The third-order valence-corrected chi connectivity index (χ3v) is 18.8. The average molecular weight is 1330 g/mol. The van der Waals surface area contributed by atoms with Gasteiger partial charge in [0.2, 0.25) is 0 Å². The second kappa shape index (κ2) is 64.4. The lowest BCUT2D eigenvalue weighted by Gasteiger charge is -2.21. The number of phosphoric ester groups is 2. The minimum Gasteiger partial charge on any atom is -0.462 e. The van der Waals surface area contributed by atoms with Crippen molar-refractivity contribution in [2.75, 3.05) is 39.6 Å². The van der Waals surface area contributed by atoms with E-state index >= 15 is 0 Å². The van der Waals surface area contributed by atoms with Gasteiger partial charge in [0, 0.05) is 25.7 Å². The van der Waals surface area contributed by atoms with Crippen LogP contribution in [0.4, 0.5) is 0 Å². The molecule has 0 spiro atoms. The number of rotatable bonds is 71. The number of phosphoric acid groups is 2. The van der Waals surface area contributed by atoms with Crippen LogP contribution in [0.5, 0.6) is 0 Å². The van der Waals surface area contributed by atoms with Crippen molar-refractivity contribution in [3.8, 4) is 0 Å². The molecule has 90 heavy (non-hydrogen) atoms. The van der Waals surface area contributed by atoms with E-state index < -0.39 is 97.5 Å². The zero-order valence-electron chi connectivity index (χ0n) is 58.3. The van der Waals surface area contributed by atoms with Gasteiger partial charge in [-0.2, -0.15) is 0 Å². The molecule has 0 aliphatic heterocycles. The van der Waals surface area contributed by atoms with E-state index in [0.29, 0.717) is 25.7 Å². The van der Waals surface area contributed by atoms with Gasteiger partial charge in [-0.05, 0) is 31.6 Å². The van der Waals surface area contributed by atoms with Crippen LogP contribution in [0.15, 0.2) is 0 Å². The third-order valence-electron chi connectivity index (χ3n) is 16.9.